The fraction of sp³-hybridized carbons (Fsp3) is 0.500. The molecule has 0 bridgehead atoms. The van der Waals surface area contributed by atoms with Crippen molar-refractivity contribution in [2.75, 3.05) is 19.8 Å². The zero-order valence-electron chi connectivity index (χ0n) is 11.0. The average molecular weight is 264 g/mol. The molecule has 1 N–H and O–H groups in total. The summed E-state index contributed by atoms with van der Waals surface area (Å²) < 4.78 is 0. The normalized spacial score (nSPS) is 18.9. The third kappa shape index (κ3) is 3.27. The van der Waals surface area contributed by atoms with Gasteiger partial charge in [0.05, 0.1) is 6.04 Å². The Labute approximate surface area is 113 Å². The van der Waals surface area contributed by atoms with E-state index in [1.807, 2.05) is 11.9 Å². The molecule has 0 aromatic heterocycles. The van der Waals surface area contributed by atoms with Crippen LogP contribution in [0.15, 0.2) is 29.2 Å². The second-order valence-corrected chi connectivity index (χ2v) is 5.57. The first-order valence-electron chi connectivity index (χ1n) is 6.32. The molecule has 1 atom stereocenters. The topological polar surface area (TPSA) is 32.3 Å². The van der Waals surface area contributed by atoms with Crippen LogP contribution in [0.25, 0.3) is 0 Å². The molecule has 1 aliphatic heterocycles. The summed E-state index contributed by atoms with van der Waals surface area (Å²) in [7, 11) is 1.88. The van der Waals surface area contributed by atoms with Gasteiger partial charge in [0.15, 0.2) is 0 Å². The van der Waals surface area contributed by atoms with Crippen LogP contribution in [-0.2, 0) is 11.3 Å². The summed E-state index contributed by atoms with van der Waals surface area (Å²) in [5.74, 6) is 0.210. The highest BCUT2D eigenvalue weighted by atomic mass is 32.2. The Bertz CT molecular complexity index is 399. The number of nitrogens with zero attached hydrogens (tertiary/aromatic N) is 1. The summed E-state index contributed by atoms with van der Waals surface area (Å²) in [4.78, 5) is 15.2. The molecule has 1 aliphatic rings. The molecule has 1 unspecified atom stereocenters. The Kier molecular flexibility index (Phi) is 4.66. The fourth-order valence-corrected chi connectivity index (χ4v) is 2.65. The van der Waals surface area contributed by atoms with Gasteiger partial charge in [-0.15, -0.1) is 11.8 Å². The quantitative estimate of drug-likeness (QED) is 0.846. The molecule has 2 rings (SSSR count). The second-order valence-electron chi connectivity index (χ2n) is 4.69. The van der Waals surface area contributed by atoms with Crippen molar-refractivity contribution in [3.8, 4) is 0 Å². The molecule has 1 heterocycles. The lowest BCUT2D eigenvalue weighted by molar-refractivity contribution is -0.132. The lowest BCUT2D eigenvalue weighted by atomic mass is 10.1. The molecule has 1 amide bonds. The molecule has 1 aromatic rings. The van der Waals surface area contributed by atoms with Gasteiger partial charge in [0.1, 0.15) is 0 Å². The molecule has 1 saturated heterocycles. The first kappa shape index (κ1) is 13.4. The highest BCUT2D eigenvalue weighted by molar-refractivity contribution is 7.98. The minimum atomic E-state index is 0.0282. The van der Waals surface area contributed by atoms with Crippen LogP contribution in [0.2, 0.25) is 0 Å². The fourth-order valence-electron chi connectivity index (χ4n) is 2.24. The molecular weight excluding hydrogens is 244 g/mol. The number of benzene rings is 1. The van der Waals surface area contributed by atoms with Crippen LogP contribution in [0, 0.1) is 0 Å². The Balaban J connectivity index is 1.92. The van der Waals surface area contributed by atoms with E-state index in [1.54, 1.807) is 11.8 Å². The van der Waals surface area contributed by atoms with Crippen LogP contribution in [-0.4, -0.2) is 36.7 Å². The number of nitrogens with one attached hydrogen (secondary N) is 1. The van der Waals surface area contributed by atoms with Crippen LogP contribution < -0.4 is 5.32 Å². The van der Waals surface area contributed by atoms with Gasteiger partial charge < -0.3 is 10.2 Å². The highest BCUT2D eigenvalue weighted by Gasteiger charge is 2.24. The van der Waals surface area contributed by atoms with Gasteiger partial charge in [-0.25, -0.2) is 0 Å². The number of carbonyl (C=O) groups is 1. The zero-order chi connectivity index (χ0) is 13.0. The summed E-state index contributed by atoms with van der Waals surface area (Å²) in [6.07, 6.45) is 4.14. The van der Waals surface area contributed by atoms with Gasteiger partial charge in [0.25, 0.3) is 0 Å². The Morgan fingerprint density at radius 3 is 2.72 bits per heavy atom. The number of rotatable bonds is 4. The molecule has 0 radical (unpaired) electrons. The Hall–Kier alpha value is -1.00. The lowest BCUT2D eigenvalue weighted by Crippen LogP contribution is -2.41. The van der Waals surface area contributed by atoms with E-state index in [9.17, 15) is 4.79 Å². The maximum atomic E-state index is 12.1. The van der Waals surface area contributed by atoms with Crippen LogP contribution in [0.3, 0.4) is 0 Å². The van der Waals surface area contributed by atoms with E-state index < -0.39 is 0 Å². The Morgan fingerprint density at radius 2 is 2.17 bits per heavy atom. The number of hydrogen-bond donors (Lipinski definition) is 1. The van der Waals surface area contributed by atoms with Gasteiger partial charge >= 0.3 is 0 Å². The van der Waals surface area contributed by atoms with E-state index in [1.165, 1.54) is 10.5 Å². The molecule has 1 aromatic carbocycles. The van der Waals surface area contributed by atoms with E-state index in [4.69, 9.17) is 0 Å². The van der Waals surface area contributed by atoms with Crippen LogP contribution >= 0.6 is 11.8 Å². The standard InChI is InChI=1S/C14H20N2OS/c1-16(14(17)13-4-3-9-15-13)10-11-5-7-12(18-2)8-6-11/h5-8,13,15H,3-4,9-10H2,1-2H3. The molecule has 0 saturated carbocycles. The maximum absolute atomic E-state index is 12.1. The molecular formula is C14H20N2OS. The largest absolute Gasteiger partial charge is 0.340 e. The van der Waals surface area contributed by atoms with Crippen molar-refractivity contribution >= 4 is 17.7 Å². The average Bonchev–Trinajstić information content (AvgIpc) is 2.92. The van der Waals surface area contributed by atoms with E-state index >= 15 is 0 Å². The summed E-state index contributed by atoms with van der Waals surface area (Å²) >= 11 is 1.73. The van der Waals surface area contributed by atoms with Crippen molar-refractivity contribution in [2.45, 2.75) is 30.3 Å². The van der Waals surface area contributed by atoms with Crippen LogP contribution in [0.4, 0.5) is 0 Å². The monoisotopic (exact) mass is 264 g/mol. The van der Waals surface area contributed by atoms with E-state index in [0.717, 1.165) is 19.4 Å². The minimum Gasteiger partial charge on any atom is -0.340 e. The van der Waals surface area contributed by atoms with Gasteiger partial charge in [0, 0.05) is 18.5 Å². The third-order valence-electron chi connectivity index (χ3n) is 3.31. The second kappa shape index (κ2) is 6.25. The number of likely N-dealkylation sites (N-methyl/N-ethyl adjacent to an activating group) is 1. The van der Waals surface area contributed by atoms with E-state index in [0.29, 0.717) is 6.54 Å². The van der Waals surface area contributed by atoms with Crippen molar-refractivity contribution in [3.63, 3.8) is 0 Å². The highest BCUT2D eigenvalue weighted by Crippen LogP contribution is 2.16. The van der Waals surface area contributed by atoms with Gasteiger partial charge in [-0.1, -0.05) is 12.1 Å². The predicted molar refractivity (Wildman–Crippen MR) is 75.7 cm³/mol. The maximum Gasteiger partial charge on any atom is 0.239 e. The Morgan fingerprint density at radius 1 is 1.44 bits per heavy atom. The van der Waals surface area contributed by atoms with Gasteiger partial charge in [-0.3, -0.25) is 4.79 Å². The van der Waals surface area contributed by atoms with Crippen molar-refractivity contribution in [2.24, 2.45) is 0 Å². The lowest BCUT2D eigenvalue weighted by Gasteiger charge is -2.21. The number of hydrogen-bond acceptors (Lipinski definition) is 3. The summed E-state index contributed by atoms with van der Waals surface area (Å²) in [6.45, 7) is 1.65. The molecule has 1 fully saturated rings. The first-order chi connectivity index (χ1) is 8.70. The minimum absolute atomic E-state index is 0.0282. The third-order valence-corrected chi connectivity index (χ3v) is 4.06. The van der Waals surface area contributed by atoms with E-state index in [-0.39, 0.29) is 11.9 Å². The molecule has 18 heavy (non-hydrogen) atoms. The summed E-state index contributed by atoms with van der Waals surface area (Å²) in [5.41, 5.74) is 1.18. The molecule has 98 valence electrons. The molecule has 4 heteroatoms. The smallest absolute Gasteiger partial charge is 0.239 e. The van der Waals surface area contributed by atoms with Crippen molar-refractivity contribution in [3.05, 3.63) is 29.8 Å². The number of amides is 1. The zero-order valence-corrected chi connectivity index (χ0v) is 11.8. The van der Waals surface area contributed by atoms with Gasteiger partial charge in [0.2, 0.25) is 5.91 Å². The molecule has 0 spiro atoms. The van der Waals surface area contributed by atoms with Crippen LogP contribution in [0.1, 0.15) is 18.4 Å². The van der Waals surface area contributed by atoms with Gasteiger partial charge in [-0.05, 0) is 43.3 Å². The van der Waals surface area contributed by atoms with Crippen molar-refractivity contribution < 1.29 is 4.79 Å². The SMILES string of the molecule is CSc1ccc(CN(C)C(=O)C2CCCN2)cc1. The number of thioether (sulfide) groups is 1. The number of carbonyl (C=O) groups excluding carboxylic acids is 1. The summed E-state index contributed by atoms with van der Waals surface area (Å²) in [5, 5.41) is 3.25. The molecule has 0 aliphatic carbocycles. The summed E-state index contributed by atoms with van der Waals surface area (Å²) in [6, 6.07) is 8.42. The van der Waals surface area contributed by atoms with Crippen molar-refractivity contribution in [1.29, 1.82) is 0 Å². The van der Waals surface area contributed by atoms with Gasteiger partial charge in [-0.2, -0.15) is 0 Å². The van der Waals surface area contributed by atoms with Crippen molar-refractivity contribution in [1.82, 2.24) is 10.2 Å². The van der Waals surface area contributed by atoms with E-state index in [2.05, 4.69) is 35.8 Å². The predicted octanol–water partition coefficient (Wildman–Crippen LogP) is 2.12. The first-order valence-corrected chi connectivity index (χ1v) is 7.54. The molecule has 3 nitrogen and oxygen atoms in total. The van der Waals surface area contributed by atoms with Crippen LogP contribution in [0.5, 0.6) is 0 Å².